The summed E-state index contributed by atoms with van der Waals surface area (Å²) >= 11 is 0. The van der Waals surface area contributed by atoms with Crippen molar-refractivity contribution in [3.05, 3.63) is 88.3 Å². The number of methoxy groups -OCH3 is 2. The van der Waals surface area contributed by atoms with Crippen LogP contribution in [0.15, 0.2) is 66.0 Å². The lowest BCUT2D eigenvalue weighted by molar-refractivity contribution is -0.157. The third kappa shape index (κ3) is 4.59. The largest absolute Gasteiger partial charge is 0.469 e. The summed E-state index contributed by atoms with van der Waals surface area (Å²) in [7, 11) is 2.24. The minimum absolute atomic E-state index is 0.0528. The summed E-state index contributed by atoms with van der Waals surface area (Å²) in [5.41, 5.74) is -2.09. The van der Waals surface area contributed by atoms with Gasteiger partial charge in [0.25, 0.3) is 0 Å². The first-order chi connectivity index (χ1) is 19.0. The molecular formula is C29H25F3N2O6. The Morgan fingerprint density at radius 2 is 1.73 bits per heavy atom. The van der Waals surface area contributed by atoms with Gasteiger partial charge in [0.15, 0.2) is 5.41 Å². The van der Waals surface area contributed by atoms with Crippen molar-refractivity contribution in [2.45, 2.75) is 31.5 Å². The molecule has 4 rings (SSSR count). The van der Waals surface area contributed by atoms with Crippen LogP contribution in [0.2, 0.25) is 0 Å². The second-order valence-corrected chi connectivity index (χ2v) is 9.11. The van der Waals surface area contributed by atoms with Crippen LogP contribution in [0, 0.1) is 16.7 Å². The molecule has 0 bridgehead atoms. The second kappa shape index (κ2) is 10.9. The Kier molecular flexibility index (Phi) is 7.73. The monoisotopic (exact) mass is 554 g/mol. The highest BCUT2D eigenvalue weighted by atomic mass is 19.4. The van der Waals surface area contributed by atoms with E-state index in [0.717, 1.165) is 38.5 Å². The van der Waals surface area contributed by atoms with Crippen LogP contribution in [-0.2, 0) is 34.8 Å². The summed E-state index contributed by atoms with van der Waals surface area (Å²) < 4.78 is 55.6. The maximum absolute atomic E-state index is 13.9. The predicted octanol–water partition coefficient (Wildman–Crippen LogP) is 4.89. The summed E-state index contributed by atoms with van der Waals surface area (Å²) in [4.78, 5) is 41.4. The molecule has 0 aliphatic carbocycles. The van der Waals surface area contributed by atoms with E-state index in [-0.39, 0.29) is 23.4 Å². The molecule has 0 saturated heterocycles. The van der Waals surface area contributed by atoms with Gasteiger partial charge in [-0.15, -0.1) is 0 Å². The zero-order valence-corrected chi connectivity index (χ0v) is 21.8. The zero-order valence-electron chi connectivity index (χ0n) is 21.8. The van der Waals surface area contributed by atoms with Gasteiger partial charge >= 0.3 is 24.1 Å². The molecule has 8 nitrogen and oxygen atoms in total. The number of carbonyl (C=O) groups is 3. The number of rotatable bonds is 6. The standard InChI is InChI=1S/C29H25F3N2O6/c1-4-40-27(37)28(16-33)24(18-9-11-19(12-10-18)29(30,31)32)23(26(36)39-3)21(15-22(35)38-2)34-14-13-17-7-5-6-8-20(17)25(28)34/h5-14,24-25H,4,15H2,1-3H3/t24-,25-,28+/m0/s1. The first-order valence-electron chi connectivity index (χ1n) is 12.2. The molecule has 2 aliphatic rings. The molecule has 0 unspecified atom stereocenters. The number of esters is 3. The minimum atomic E-state index is -4.65. The van der Waals surface area contributed by atoms with Crippen LogP contribution in [0.1, 0.15) is 47.6 Å². The van der Waals surface area contributed by atoms with Crippen LogP contribution in [0.3, 0.4) is 0 Å². The van der Waals surface area contributed by atoms with E-state index in [0.29, 0.717) is 11.1 Å². The van der Waals surface area contributed by atoms with E-state index in [1.165, 1.54) is 4.90 Å². The average Bonchev–Trinajstić information content (AvgIpc) is 2.95. The fourth-order valence-electron chi connectivity index (χ4n) is 5.40. The van der Waals surface area contributed by atoms with Gasteiger partial charge in [0.1, 0.15) is 0 Å². The molecule has 0 amide bonds. The van der Waals surface area contributed by atoms with Gasteiger partial charge in [0.05, 0.1) is 50.5 Å². The van der Waals surface area contributed by atoms with Crippen LogP contribution in [0.4, 0.5) is 13.2 Å². The highest BCUT2D eigenvalue weighted by Crippen LogP contribution is 2.60. The first-order valence-corrected chi connectivity index (χ1v) is 12.2. The number of carbonyl (C=O) groups excluding carboxylic acids is 3. The fraction of sp³-hybridized carbons (Fsp3) is 0.310. The quantitative estimate of drug-likeness (QED) is 0.367. The minimum Gasteiger partial charge on any atom is -0.469 e. The second-order valence-electron chi connectivity index (χ2n) is 9.11. The highest BCUT2D eigenvalue weighted by Gasteiger charge is 2.63. The Hall–Kier alpha value is -4.59. The van der Waals surface area contributed by atoms with Crippen molar-refractivity contribution in [2.75, 3.05) is 20.8 Å². The zero-order chi connectivity index (χ0) is 29.2. The van der Waals surface area contributed by atoms with E-state index < -0.39 is 53.4 Å². The van der Waals surface area contributed by atoms with Crippen molar-refractivity contribution in [2.24, 2.45) is 5.41 Å². The molecule has 2 aromatic carbocycles. The molecule has 0 saturated carbocycles. The van der Waals surface area contributed by atoms with Gasteiger partial charge in [-0.2, -0.15) is 18.4 Å². The molecule has 0 N–H and O–H groups in total. The number of ether oxygens (including phenoxy) is 3. The maximum Gasteiger partial charge on any atom is 0.416 e. The first kappa shape index (κ1) is 28.4. The number of halogens is 3. The summed E-state index contributed by atoms with van der Waals surface area (Å²) in [6.45, 7) is 1.43. The number of alkyl halides is 3. The molecule has 40 heavy (non-hydrogen) atoms. The lowest BCUT2D eigenvalue weighted by atomic mass is 9.59. The molecule has 2 heterocycles. The summed E-state index contributed by atoms with van der Waals surface area (Å²) in [5, 5.41) is 10.9. The van der Waals surface area contributed by atoms with Crippen LogP contribution < -0.4 is 0 Å². The third-order valence-electron chi connectivity index (χ3n) is 7.10. The van der Waals surface area contributed by atoms with Gasteiger partial charge in [-0.05, 0) is 41.8 Å². The average molecular weight is 555 g/mol. The Balaban J connectivity index is 2.15. The molecule has 208 valence electrons. The topological polar surface area (TPSA) is 106 Å². The van der Waals surface area contributed by atoms with Gasteiger partial charge < -0.3 is 19.1 Å². The smallest absolute Gasteiger partial charge is 0.416 e. The van der Waals surface area contributed by atoms with E-state index >= 15 is 0 Å². The van der Waals surface area contributed by atoms with Crippen LogP contribution >= 0.6 is 0 Å². The van der Waals surface area contributed by atoms with E-state index in [1.54, 1.807) is 43.5 Å². The van der Waals surface area contributed by atoms with Gasteiger partial charge in [-0.25, -0.2) is 4.79 Å². The highest BCUT2D eigenvalue weighted by molar-refractivity contribution is 5.97. The molecule has 11 heteroatoms. The van der Waals surface area contributed by atoms with Gasteiger partial charge in [0.2, 0.25) is 0 Å². The van der Waals surface area contributed by atoms with Crippen molar-refractivity contribution in [3.8, 4) is 6.07 Å². The molecule has 3 atom stereocenters. The number of fused-ring (bicyclic) bond motifs is 3. The fourth-order valence-corrected chi connectivity index (χ4v) is 5.40. The van der Waals surface area contributed by atoms with E-state index in [1.807, 2.05) is 0 Å². The molecule has 0 aromatic heterocycles. The van der Waals surface area contributed by atoms with Crippen LogP contribution in [-0.4, -0.2) is 43.6 Å². The van der Waals surface area contributed by atoms with Crippen molar-refractivity contribution in [1.82, 2.24) is 4.90 Å². The molecule has 2 aliphatic heterocycles. The SMILES string of the molecule is CCOC(=O)[C@]1(C#N)[C@@H](c2ccc(C(F)(F)F)cc2)C(C(=O)OC)=C(CC(=O)OC)N2C=Cc3ccccc3[C@H]21. The summed E-state index contributed by atoms with van der Waals surface area (Å²) in [6.07, 6.45) is -1.86. The normalized spacial score (nSPS) is 21.6. The van der Waals surface area contributed by atoms with Crippen molar-refractivity contribution < 1.29 is 41.8 Å². The van der Waals surface area contributed by atoms with Gasteiger partial charge in [0, 0.05) is 17.8 Å². The summed E-state index contributed by atoms with van der Waals surface area (Å²) in [5.74, 6) is -4.17. The Morgan fingerprint density at radius 3 is 2.30 bits per heavy atom. The molecule has 0 fully saturated rings. The Bertz CT molecular complexity index is 1440. The van der Waals surface area contributed by atoms with Crippen LogP contribution in [0.25, 0.3) is 6.08 Å². The molecule has 0 spiro atoms. The van der Waals surface area contributed by atoms with Crippen LogP contribution in [0.5, 0.6) is 0 Å². The third-order valence-corrected chi connectivity index (χ3v) is 7.10. The molecule has 0 radical (unpaired) electrons. The Morgan fingerprint density at radius 1 is 1.05 bits per heavy atom. The van der Waals surface area contributed by atoms with Crippen molar-refractivity contribution >= 4 is 24.0 Å². The number of hydrogen-bond donors (Lipinski definition) is 0. The lowest BCUT2D eigenvalue weighted by Gasteiger charge is -2.51. The van der Waals surface area contributed by atoms with E-state index in [2.05, 4.69) is 6.07 Å². The molecule has 2 aromatic rings. The van der Waals surface area contributed by atoms with Crippen molar-refractivity contribution in [1.29, 1.82) is 5.26 Å². The maximum atomic E-state index is 13.9. The lowest BCUT2D eigenvalue weighted by Crippen LogP contribution is -2.54. The predicted molar refractivity (Wildman–Crippen MR) is 135 cm³/mol. The van der Waals surface area contributed by atoms with Gasteiger partial charge in [-0.1, -0.05) is 36.4 Å². The Labute approximate surface area is 228 Å². The molecular weight excluding hydrogens is 529 g/mol. The van der Waals surface area contributed by atoms with Crippen molar-refractivity contribution in [3.63, 3.8) is 0 Å². The van der Waals surface area contributed by atoms with E-state index in [4.69, 9.17) is 14.2 Å². The summed E-state index contributed by atoms with van der Waals surface area (Å²) in [6, 6.07) is 11.7. The number of hydrogen-bond acceptors (Lipinski definition) is 8. The number of benzene rings is 2. The number of nitriles is 1. The van der Waals surface area contributed by atoms with E-state index in [9.17, 15) is 32.8 Å². The number of nitrogens with zero attached hydrogens (tertiary/aromatic N) is 2. The van der Waals surface area contributed by atoms with Gasteiger partial charge in [-0.3, -0.25) is 9.59 Å².